The van der Waals surface area contributed by atoms with Gasteiger partial charge in [0, 0.05) is 0 Å². The third-order valence-electron chi connectivity index (χ3n) is 2.00. The van der Waals surface area contributed by atoms with Gasteiger partial charge in [-0.3, -0.25) is 0 Å². The summed E-state index contributed by atoms with van der Waals surface area (Å²) < 4.78 is 0.916. The van der Waals surface area contributed by atoms with E-state index in [1.165, 1.54) is 5.56 Å². The maximum Gasteiger partial charge on any atom is 0.224 e. The molecular formula is C11H14Cl2N2S. The molecule has 0 spiro atoms. The summed E-state index contributed by atoms with van der Waals surface area (Å²) in [5.41, 5.74) is 2.06. The first kappa shape index (κ1) is 13.7. The van der Waals surface area contributed by atoms with Crippen molar-refractivity contribution in [2.24, 2.45) is 0 Å². The summed E-state index contributed by atoms with van der Waals surface area (Å²) in [5, 5.41) is 2.71. The van der Waals surface area contributed by atoms with E-state index in [4.69, 9.17) is 23.2 Å². The summed E-state index contributed by atoms with van der Waals surface area (Å²) in [6.07, 6.45) is 0. The first-order valence-corrected chi connectivity index (χ1v) is 6.83. The van der Waals surface area contributed by atoms with Gasteiger partial charge in [0.15, 0.2) is 5.15 Å². The first-order chi connectivity index (χ1) is 7.59. The van der Waals surface area contributed by atoms with Crippen LogP contribution in [0, 0.1) is 0 Å². The van der Waals surface area contributed by atoms with Crippen LogP contribution in [0.5, 0.6) is 0 Å². The Morgan fingerprint density at radius 2 is 1.81 bits per heavy atom. The van der Waals surface area contributed by atoms with Crippen molar-refractivity contribution >= 4 is 44.8 Å². The second kappa shape index (κ2) is 5.80. The number of fused-ring (bicyclic) bond motifs is 1. The molecule has 88 valence electrons. The predicted octanol–water partition coefficient (Wildman–Crippen LogP) is 5.15. The molecule has 2 heterocycles. The van der Waals surface area contributed by atoms with Gasteiger partial charge in [0.1, 0.15) is 0 Å². The standard InChI is InChI=1S/C9H8Cl2N2S.C2H6/c1-4(2)5-3-14-7-6(5)12-9(11)13-8(7)10;1-2/h3-4H,1-2H3;1-2H3. The minimum atomic E-state index is 0.211. The van der Waals surface area contributed by atoms with Gasteiger partial charge in [-0.1, -0.05) is 39.3 Å². The Labute approximate surface area is 110 Å². The molecule has 0 bridgehead atoms. The summed E-state index contributed by atoms with van der Waals surface area (Å²) in [7, 11) is 0. The highest BCUT2D eigenvalue weighted by atomic mass is 35.5. The van der Waals surface area contributed by atoms with Crippen molar-refractivity contribution in [1.82, 2.24) is 9.97 Å². The lowest BCUT2D eigenvalue weighted by molar-refractivity contribution is 0.876. The van der Waals surface area contributed by atoms with Gasteiger partial charge in [-0.05, 0) is 28.5 Å². The zero-order chi connectivity index (χ0) is 12.3. The molecule has 0 fully saturated rings. The Morgan fingerprint density at radius 1 is 1.19 bits per heavy atom. The number of aromatic nitrogens is 2. The molecule has 0 radical (unpaired) electrons. The lowest BCUT2D eigenvalue weighted by Gasteiger charge is -2.01. The van der Waals surface area contributed by atoms with Gasteiger partial charge in [0.25, 0.3) is 0 Å². The van der Waals surface area contributed by atoms with Gasteiger partial charge in [0.2, 0.25) is 5.28 Å². The summed E-state index contributed by atoms with van der Waals surface area (Å²) in [6, 6.07) is 0. The number of hydrogen-bond acceptors (Lipinski definition) is 3. The third kappa shape index (κ3) is 2.65. The molecule has 0 unspecified atom stereocenters. The van der Waals surface area contributed by atoms with E-state index in [0.29, 0.717) is 11.1 Å². The minimum Gasteiger partial charge on any atom is -0.217 e. The topological polar surface area (TPSA) is 25.8 Å². The highest BCUT2D eigenvalue weighted by Gasteiger charge is 2.13. The SMILES string of the molecule is CC.CC(C)c1csc2c(Cl)nc(Cl)nc12. The van der Waals surface area contributed by atoms with Crippen LogP contribution in [0.4, 0.5) is 0 Å². The number of hydrogen-bond donors (Lipinski definition) is 0. The summed E-state index contributed by atoms with van der Waals surface area (Å²) in [5.74, 6) is 0.422. The van der Waals surface area contributed by atoms with E-state index in [9.17, 15) is 0 Å². The second-order valence-corrected chi connectivity index (χ2v) is 4.88. The predicted molar refractivity (Wildman–Crippen MR) is 72.9 cm³/mol. The molecule has 0 saturated carbocycles. The van der Waals surface area contributed by atoms with Crippen molar-refractivity contribution in [3.8, 4) is 0 Å². The molecule has 0 aliphatic carbocycles. The van der Waals surface area contributed by atoms with Crippen molar-refractivity contribution in [1.29, 1.82) is 0 Å². The van der Waals surface area contributed by atoms with Crippen LogP contribution in [-0.2, 0) is 0 Å². The molecule has 0 saturated heterocycles. The van der Waals surface area contributed by atoms with Gasteiger partial charge in [-0.25, -0.2) is 9.97 Å². The van der Waals surface area contributed by atoms with E-state index in [1.807, 2.05) is 13.8 Å². The van der Waals surface area contributed by atoms with E-state index in [0.717, 1.165) is 10.2 Å². The Balaban J connectivity index is 0.000000606. The fraction of sp³-hybridized carbons (Fsp3) is 0.455. The molecule has 0 aromatic carbocycles. The monoisotopic (exact) mass is 276 g/mol. The van der Waals surface area contributed by atoms with E-state index >= 15 is 0 Å². The van der Waals surface area contributed by atoms with Crippen molar-refractivity contribution in [3.05, 3.63) is 21.4 Å². The molecule has 0 aliphatic rings. The smallest absolute Gasteiger partial charge is 0.217 e. The molecule has 16 heavy (non-hydrogen) atoms. The summed E-state index contributed by atoms with van der Waals surface area (Å²) >= 11 is 13.3. The van der Waals surface area contributed by atoms with Crippen LogP contribution in [0.3, 0.4) is 0 Å². The average Bonchev–Trinajstić information content (AvgIpc) is 2.64. The summed E-state index contributed by atoms with van der Waals surface area (Å²) in [6.45, 7) is 8.23. The molecule has 2 nitrogen and oxygen atoms in total. The van der Waals surface area contributed by atoms with Crippen molar-refractivity contribution in [3.63, 3.8) is 0 Å². The molecule has 0 atom stereocenters. The van der Waals surface area contributed by atoms with E-state index < -0.39 is 0 Å². The average molecular weight is 277 g/mol. The molecule has 0 amide bonds. The van der Waals surface area contributed by atoms with Gasteiger partial charge in [-0.15, -0.1) is 11.3 Å². The van der Waals surface area contributed by atoms with Crippen molar-refractivity contribution in [2.45, 2.75) is 33.6 Å². The number of halogens is 2. The van der Waals surface area contributed by atoms with Gasteiger partial charge in [0.05, 0.1) is 10.2 Å². The molecule has 2 aromatic heterocycles. The number of thiophene rings is 1. The highest BCUT2D eigenvalue weighted by molar-refractivity contribution is 7.18. The van der Waals surface area contributed by atoms with Crippen LogP contribution < -0.4 is 0 Å². The van der Waals surface area contributed by atoms with Crippen LogP contribution in [-0.4, -0.2) is 9.97 Å². The second-order valence-electron chi connectivity index (χ2n) is 3.31. The van der Waals surface area contributed by atoms with E-state index in [-0.39, 0.29) is 5.28 Å². The molecular weight excluding hydrogens is 263 g/mol. The van der Waals surface area contributed by atoms with E-state index in [1.54, 1.807) is 11.3 Å². The van der Waals surface area contributed by atoms with Crippen molar-refractivity contribution < 1.29 is 0 Å². The van der Waals surface area contributed by atoms with Crippen LogP contribution in [0.25, 0.3) is 10.2 Å². The van der Waals surface area contributed by atoms with E-state index in [2.05, 4.69) is 29.2 Å². The number of rotatable bonds is 1. The molecule has 2 rings (SSSR count). The Hall–Kier alpha value is -0.380. The quantitative estimate of drug-likeness (QED) is 0.532. The van der Waals surface area contributed by atoms with Gasteiger partial charge >= 0.3 is 0 Å². The third-order valence-corrected chi connectivity index (χ3v) is 3.54. The Bertz CT molecular complexity index is 480. The zero-order valence-electron chi connectivity index (χ0n) is 9.71. The van der Waals surface area contributed by atoms with Crippen LogP contribution in [0.15, 0.2) is 5.38 Å². The van der Waals surface area contributed by atoms with Crippen LogP contribution in [0.2, 0.25) is 10.4 Å². The number of nitrogens with zero attached hydrogens (tertiary/aromatic N) is 2. The minimum absolute atomic E-state index is 0.211. The molecule has 0 aliphatic heterocycles. The maximum absolute atomic E-state index is 5.96. The largest absolute Gasteiger partial charge is 0.224 e. The van der Waals surface area contributed by atoms with Crippen molar-refractivity contribution in [2.75, 3.05) is 0 Å². The normalized spacial score (nSPS) is 10.4. The highest BCUT2D eigenvalue weighted by Crippen LogP contribution is 2.33. The Morgan fingerprint density at radius 3 is 2.38 bits per heavy atom. The zero-order valence-corrected chi connectivity index (χ0v) is 12.0. The van der Waals surface area contributed by atoms with Gasteiger partial charge in [-0.2, -0.15) is 0 Å². The lowest BCUT2D eigenvalue weighted by Crippen LogP contribution is -1.89. The molecule has 0 N–H and O–H groups in total. The maximum atomic E-state index is 5.96. The Kier molecular flexibility index (Phi) is 4.96. The fourth-order valence-electron chi connectivity index (χ4n) is 1.29. The van der Waals surface area contributed by atoms with Gasteiger partial charge < -0.3 is 0 Å². The molecule has 2 aromatic rings. The fourth-order valence-corrected chi connectivity index (χ4v) is 2.85. The first-order valence-electron chi connectivity index (χ1n) is 5.19. The van der Waals surface area contributed by atoms with Crippen LogP contribution in [0.1, 0.15) is 39.2 Å². The van der Waals surface area contributed by atoms with Crippen LogP contribution >= 0.6 is 34.5 Å². The lowest BCUT2D eigenvalue weighted by atomic mass is 10.1. The summed E-state index contributed by atoms with van der Waals surface area (Å²) in [4.78, 5) is 8.10. The molecule has 5 heteroatoms.